The standard InChI is InChI=1S/C24H26N4O3S/c29-24(11-15-32-14-10-20-4-2-1-3-5-20)27-12-13-30-23(16-27)17-31-22-8-6-21(7-9-22)28-19-25-18-26-28/h1-10,14,18-19,23H,11-13,15-17H2/b14-10-. The summed E-state index contributed by atoms with van der Waals surface area (Å²) in [5.74, 6) is 1.68. The highest BCUT2D eigenvalue weighted by Gasteiger charge is 2.24. The number of ether oxygens (including phenoxy) is 2. The van der Waals surface area contributed by atoms with Gasteiger partial charge in [-0.3, -0.25) is 4.79 Å². The van der Waals surface area contributed by atoms with Crippen molar-refractivity contribution >= 4 is 23.7 Å². The summed E-state index contributed by atoms with van der Waals surface area (Å²) >= 11 is 1.65. The van der Waals surface area contributed by atoms with Crippen LogP contribution in [0.5, 0.6) is 5.75 Å². The van der Waals surface area contributed by atoms with Crippen LogP contribution in [0.15, 0.2) is 72.7 Å². The van der Waals surface area contributed by atoms with E-state index in [1.807, 2.05) is 52.8 Å². The number of hydrogen-bond acceptors (Lipinski definition) is 6. The highest BCUT2D eigenvalue weighted by atomic mass is 32.2. The minimum Gasteiger partial charge on any atom is -0.491 e. The number of thioether (sulfide) groups is 1. The topological polar surface area (TPSA) is 69.5 Å². The van der Waals surface area contributed by atoms with Crippen LogP contribution in [0.25, 0.3) is 11.8 Å². The molecule has 0 spiro atoms. The highest BCUT2D eigenvalue weighted by Crippen LogP contribution is 2.17. The van der Waals surface area contributed by atoms with Crippen LogP contribution in [0.2, 0.25) is 0 Å². The first kappa shape index (κ1) is 22.1. The van der Waals surface area contributed by atoms with Gasteiger partial charge in [-0.2, -0.15) is 5.10 Å². The molecular formula is C24H26N4O3S. The Kier molecular flexibility index (Phi) is 7.94. The second-order valence-corrected chi connectivity index (χ2v) is 8.33. The zero-order valence-electron chi connectivity index (χ0n) is 17.7. The van der Waals surface area contributed by atoms with Crippen molar-refractivity contribution < 1.29 is 14.3 Å². The maximum atomic E-state index is 12.6. The largest absolute Gasteiger partial charge is 0.491 e. The number of carbonyl (C=O) groups is 1. The molecule has 1 saturated heterocycles. The Balaban J connectivity index is 1.17. The average molecular weight is 451 g/mol. The van der Waals surface area contributed by atoms with Crippen molar-refractivity contribution in [3.05, 3.63) is 78.2 Å². The third-order valence-corrected chi connectivity index (χ3v) is 5.81. The number of aromatic nitrogens is 3. The molecule has 166 valence electrons. The molecule has 2 aromatic carbocycles. The first-order valence-electron chi connectivity index (χ1n) is 10.6. The van der Waals surface area contributed by atoms with Gasteiger partial charge in [-0.25, -0.2) is 9.67 Å². The summed E-state index contributed by atoms with van der Waals surface area (Å²) in [7, 11) is 0. The van der Waals surface area contributed by atoms with Crippen molar-refractivity contribution in [3.63, 3.8) is 0 Å². The average Bonchev–Trinajstić information content (AvgIpc) is 3.39. The third-order valence-electron chi connectivity index (χ3n) is 5.04. The van der Waals surface area contributed by atoms with Gasteiger partial charge in [0.05, 0.1) is 18.8 Å². The molecule has 1 atom stereocenters. The number of rotatable bonds is 9. The van der Waals surface area contributed by atoms with E-state index < -0.39 is 0 Å². The van der Waals surface area contributed by atoms with Crippen molar-refractivity contribution in [2.75, 3.05) is 32.1 Å². The molecule has 0 saturated carbocycles. The first-order chi connectivity index (χ1) is 15.8. The molecule has 0 N–H and O–H groups in total. The van der Waals surface area contributed by atoms with E-state index in [1.165, 1.54) is 6.33 Å². The van der Waals surface area contributed by atoms with Crippen molar-refractivity contribution in [1.82, 2.24) is 19.7 Å². The monoisotopic (exact) mass is 450 g/mol. The molecule has 1 unspecified atom stereocenters. The summed E-state index contributed by atoms with van der Waals surface area (Å²) in [6.45, 7) is 2.12. The Morgan fingerprint density at radius 2 is 2.03 bits per heavy atom. The van der Waals surface area contributed by atoms with Gasteiger partial charge in [0.15, 0.2) is 0 Å². The quantitative estimate of drug-likeness (QED) is 0.464. The Morgan fingerprint density at radius 3 is 2.81 bits per heavy atom. The Labute approximate surface area is 192 Å². The number of benzene rings is 2. The van der Waals surface area contributed by atoms with Gasteiger partial charge in [0.25, 0.3) is 0 Å². The fourth-order valence-corrected chi connectivity index (χ4v) is 4.02. The van der Waals surface area contributed by atoms with Gasteiger partial charge in [-0.15, -0.1) is 11.8 Å². The van der Waals surface area contributed by atoms with Gasteiger partial charge >= 0.3 is 0 Å². The molecule has 1 fully saturated rings. The summed E-state index contributed by atoms with van der Waals surface area (Å²) in [6.07, 6.45) is 5.60. The van der Waals surface area contributed by atoms with E-state index in [2.05, 4.69) is 28.3 Å². The number of morpholine rings is 1. The zero-order chi connectivity index (χ0) is 22.0. The molecule has 2 heterocycles. The third kappa shape index (κ3) is 6.45. The number of nitrogens with zero attached hydrogens (tertiary/aromatic N) is 4. The lowest BCUT2D eigenvalue weighted by atomic mass is 10.2. The van der Waals surface area contributed by atoms with E-state index in [1.54, 1.807) is 22.8 Å². The second kappa shape index (κ2) is 11.5. The van der Waals surface area contributed by atoms with Crippen LogP contribution in [0, 0.1) is 0 Å². The van der Waals surface area contributed by atoms with E-state index >= 15 is 0 Å². The van der Waals surface area contributed by atoms with E-state index in [4.69, 9.17) is 9.47 Å². The van der Waals surface area contributed by atoms with Crippen molar-refractivity contribution in [1.29, 1.82) is 0 Å². The lowest BCUT2D eigenvalue weighted by molar-refractivity contribution is -0.139. The lowest BCUT2D eigenvalue weighted by Crippen LogP contribution is -2.47. The molecule has 1 aliphatic rings. The van der Waals surface area contributed by atoms with Crippen LogP contribution in [0.1, 0.15) is 12.0 Å². The van der Waals surface area contributed by atoms with E-state index in [-0.39, 0.29) is 12.0 Å². The molecule has 4 rings (SSSR count). The van der Waals surface area contributed by atoms with Crippen molar-refractivity contribution in [3.8, 4) is 11.4 Å². The summed E-state index contributed by atoms with van der Waals surface area (Å²) in [4.78, 5) is 18.4. The number of amides is 1. The molecule has 32 heavy (non-hydrogen) atoms. The van der Waals surface area contributed by atoms with Crippen LogP contribution < -0.4 is 4.74 Å². The van der Waals surface area contributed by atoms with Crippen LogP contribution in [0.3, 0.4) is 0 Å². The SMILES string of the molecule is O=C(CCS/C=C\c1ccccc1)N1CCOC(COc2ccc(-n3cncn3)cc2)C1. The van der Waals surface area contributed by atoms with Gasteiger partial charge in [-0.1, -0.05) is 30.3 Å². The van der Waals surface area contributed by atoms with Crippen LogP contribution in [-0.2, 0) is 9.53 Å². The van der Waals surface area contributed by atoms with Gasteiger partial charge in [0.1, 0.15) is 31.1 Å². The molecule has 0 radical (unpaired) electrons. The number of carbonyl (C=O) groups excluding carboxylic acids is 1. The molecule has 1 aromatic heterocycles. The summed E-state index contributed by atoms with van der Waals surface area (Å²) in [6, 6.07) is 17.8. The molecule has 8 heteroatoms. The van der Waals surface area contributed by atoms with Gasteiger partial charge < -0.3 is 14.4 Å². The first-order valence-corrected chi connectivity index (χ1v) is 11.6. The number of hydrogen-bond donors (Lipinski definition) is 0. The predicted molar refractivity (Wildman–Crippen MR) is 126 cm³/mol. The Hall–Kier alpha value is -3.10. The molecule has 3 aromatic rings. The maximum absolute atomic E-state index is 12.6. The zero-order valence-corrected chi connectivity index (χ0v) is 18.6. The molecule has 0 aliphatic carbocycles. The molecule has 1 aliphatic heterocycles. The van der Waals surface area contributed by atoms with Gasteiger partial charge in [0.2, 0.25) is 5.91 Å². The van der Waals surface area contributed by atoms with E-state index in [9.17, 15) is 4.79 Å². The Morgan fingerprint density at radius 1 is 1.19 bits per heavy atom. The molecule has 1 amide bonds. The lowest BCUT2D eigenvalue weighted by Gasteiger charge is -2.33. The van der Waals surface area contributed by atoms with Crippen molar-refractivity contribution in [2.45, 2.75) is 12.5 Å². The minimum absolute atomic E-state index is 0.131. The van der Waals surface area contributed by atoms with Crippen molar-refractivity contribution in [2.24, 2.45) is 0 Å². The van der Waals surface area contributed by atoms with Crippen LogP contribution in [0.4, 0.5) is 0 Å². The maximum Gasteiger partial charge on any atom is 0.223 e. The van der Waals surface area contributed by atoms with Crippen LogP contribution >= 0.6 is 11.8 Å². The fourth-order valence-electron chi connectivity index (χ4n) is 3.34. The Bertz CT molecular complexity index is 994. The molecule has 7 nitrogen and oxygen atoms in total. The second-order valence-electron chi connectivity index (χ2n) is 7.31. The molecular weight excluding hydrogens is 424 g/mol. The predicted octanol–water partition coefficient (Wildman–Crippen LogP) is 3.67. The summed E-state index contributed by atoms with van der Waals surface area (Å²) < 4.78 is 13.4. The summed E-state index contributed by atoms with van der Waals surface area (Å²) in [5.41, 5.74) is 2.08. The van der Waals surface area contributed by atoms with E-state index in [0.29, 0.717) is 32.7 Å². The molecule has 0 bridgehead atoms. The van der Waals surface area contributed by atoms with E-state index in [0.717, 1.165) is 22.8 Å². The van der Waals surface area contributed by atoms with Crippen LogP contribution in [-0.4, -0.2) is 63.7 Å². The minimum atomic E-state index is -0.131. The highest BCUT2D eigenvalue weighted by molar-refractivity contribution is 8.02. The normalized spacial score (nSPS) is 16.4. The summed E-state index contributed by atoms with van der Waals surface area (Å²) in [5, 5.41) is 6.16. The van der Waals surface area contributed by atoms with Gasteiger partial charge in [-0.05, 0) is 41.3 Å². The fraction of sp³-hybridized carbons (Fsp3) is 0.292. The van der Waals surface area contributed by atoms with Gasteiger partial charge in [0, 0.05) is 18.7 Å². The smallest absolute Gasteiger partial charge is 0.223 e.